The van der Waals surface area contributed by atoms with Crippen LogP contribution in [0.4, 0.5) is 4.39 Å². The van der Waals surface area contributed by atoms with Crippen LogP contribution in [0.15, 0.2) is 48.5 Å². The molecule has 184 valence electrons. The number of halogens is 1. The lowest BCUT2D eigenvalue weighted by molar-refractivity contribution is -0.201. The molecule has 35 heavy (non-hydrogen) atoms. The molecule has 2 aromatic rings. The molecule has 3 aliphatic rings. The first kappa shape index (κ1) is 24.0. The molecule has 1 aliphatic carbocycles. The van der Waals surface area contributed by atoms with Gasteiger partial charge in [-0.15, -0.1) is 0 Å². The number of fused-ring (bicyclic) bond motifs is 1. The molecule has 2 heterocycles. The van der Waals surface area contributed by atoms with E-state index >= 15 is 0 Å². The highest BCUT2D eigenvalue weighted by Gasteiger charge is 2.42. The summed E-state index contributed by atoms with van der Waals surface area (Å²) < 4.78 is 26.2. The first-order valence-electron chi connectivity index (χ1n) is 12.7. The van der Waals surface area contributed by atoms with Crippen LogP contribution in [0.2, 0.25) is 0 Å². The molecule has 0 spiro atoms. The van der Waals surface area contributed by atoms with Gasteiger partial charge in [-0.25, -0.2) is 4.39 Å². The second-order valence-electron chi connectivity index (χ2n) is 9.87. The van der Waals surface area contributed by atoms with Gasteiger partial charge in [0.25, 0.3) is 5.91 Å². The number of hydrogen-bond donors (Lipinski definition) is 2. The molecule has 2 aliphatic heterocycles. The Morgan fingerprint density at radius 2 is 1.89 bits per heavy atom. The average Bonchev–Trinajstić information content (AvgIpc) is 3.71. The summed E-state index contributed by atoms with van der Waals surface area (Å²) in [5.41, 5.74) is 2.52. The van der Waals surface area contributed by atoms with Crippen LogP contribution in [0.3, 0.4) is 0 Å². The maximum absolute atomic E-state index is 13.7. The van der Waals surface area contributed by atoms with Crippen LogP contribution in [0, 0.1) is 23.6 Å². The van der Waals surface area contributed by atoms with Gasteiger partial charge in [0.2, 0.25) is 0 Å². The minimum Gasteiger partial charge on any atom is -0.394 e. The Hall–Kier alpha value is -2.72. The van der Waals surface area contributed by atoms with Gasteiger partial charge in [0.05, 0.1) is 37.1 Å². The highest BCUT2D eigenvalue weighted by Crippen LogP contribution is 2.33. The van der Waals surface area contributed by atoms with Crippen molar-refractivity contribution in [3.05, 3.63) is 71.0 Å². The summed E-state index contributed by atoms with van der Waals surface area (Å²) in [6.45, 7) is -0.0198. The van der Waals surface area contributed by atoms with Gasteiger partial charge in [-0.1, -0.05) is 30.0 Å². The Bertz CT molecular complexity index is 1090. The maximum Gasteiger partial charge on any atom is 0.251 e. The summed E-state index contributed by atoms with van der Waals surface area (Å²) >= 11 is 0. The third kappa shape index (κ3) is 6.29. The number of carbonyl (C=O) groups excluding carboxylic acids is 1. The quantitative estimate of drug-likeness (QED) is 0.617. The first-order valence-corrected chi connectivity index (χ1v) is 12.7. The summed E-state index contributed by atoms with van der Waals surface area (Å²) in [4.78, 5) is 12.9. The van der Waals surface area contributed by atoms with E-state index in [1.165, 1.54) is 36.6 Å². The lowest BCUT2D eigenvalue weighted by Crippen LogP contribution is -2.57. The highest BCUT2D eigenvalue weighted by molar-refractivity contribution is 5.94. The van der Waals surface area contributed by atoms with Gasteiger partial charge in [-0.2, -0.15) is 0 Å². The van der Waals surface area contributed by atoms with Crippen LogP contribution in [0.1, 0.15) is 60.0 Å². The molecule has 0 unspecified atom stereocenters. The largest absolute Gasteiger partial charge is 0.394 e. The number of benzene rings is 2. The second-order valence-corrected chi connectivity index (χ2v) is 9.87. The Morgan fingerprint density at radius 1 is 1.06 bits per heavy atom. The standard InChI is InChI=1S/C29H32FNO4/c30-23-3-1-2-22(16-23)29(33)31-25-17-28-27(15-13-24(18-32)34-28)35-26(25)14-12-21-10-8-20(9-11-21)7-6-19-4-5-19/h1-3,8-11,16,19,24-28,32H,4-5,12-15,17-18H2,(H,31,33)/t24-,25-,26+,27-,28-/m0/s1. The van der Waals surface area contributed by atoms with E-state index in [4.69, 9.17) is 9.47 Å². The van der Waals surface area contributed by atoms with Crippen LogP contribution in [0.5, 0.6) is 0 Å². The van der Waals surface area contributed by atoms with E-state index in [9.17, 15) is 14.3 Å². The summed E-state index contributed by atoms with van der Waals surface area (Å²) in [5.74, 6) is 6.35. The monoisotopic (exact) mass is 477 g/mol. The van der Waals surface area contributed by atoms with E-state index < -0.39 is 5.82 Å². The fourth-order valence-electron chi connectivity index (χ4n) is 4.94. The number of aryl methyl sites for hydroxylation is 1. The topological polar surface area (TPSA) is 67.8 Å². The zero-order valence-electron chi connectivity index (χ0n) is 19.8. The summed E-state index contributed by atoms with van der Waals surface area (Å²) in [7, 11) is 0. The predicted molar refractivity (Wildman–Crippen MR) is 130 cm³/mol. The number of ether oxygens (including phenoxy) is 2. The van der Waals surface area contributed by atoms with Crippen molar-refractivity contribution in [2.24, 2.45) is 5.92 Å². The van der Waals surface area contributed by atoms with Crippen molar-refractivity contribution in [2.75, 3.05) is 6.61 Å². The molecule has 3 fully saturated rings. The van der Waals surface area contributed by atoms with Crippen molar-refractivity contribution in [2.45, 2.75) is 75.4 Å². The van der Waals surface area contributed by atoms with Crippen molar-refractivity contribution in [3.63, 3.8) is 0 Å². The average molecular weight is 478 g/mol. The van der Waals surface area contributed by atoms with Gasteiger partial charge < -0.3 is 19.9 Å². The minimum absolute atomic E-state index is 0.0198. The lowest BCUT2D eigenvalue weighted by atomic mass is 9.88. The van der Waals surface area contributed by atoms with Gasteiger partial charge in [-0.05, 0) is 80.8 Å². The third-order valence-corrected chi connectivity index (χ3v) is 7.12. The molecule has 2 aromatic carbocycles. The maximum atomic E-state index is 13.7. The molecule has 0 bridgehead atoms. The SMILES string of the molecule is O=C(N[C@H]1C[C@@H]2O[C@H](CO)CC[C@@H]2O[C@@H]1CCc1ccc(C#CC2CC2)cc1)c1cccc(F)c1. The van der Waals surface area contributed by atoms with Gasteiger partial charge in [-0.3, -0.25) is 4.79 Å². The lowest BCUT2D eigenvalue weighted by Gasteiger charge is -2.45. The molecule has 5 rings (SSSR count). The van der Waals surface area contributed by atoms with E-state index in [0.29, 0.717) is 12.3 Å². The van der Waals surface area contributed by atoms with Crippen LogP contribution in [0.25, 0.3) is 0 Å². The van der Waals surface area contributed by atoms with Crippen LogP contribution in [-0.4, -0.2) is 48.1 Å². The number of rotatable bonds is 6. The molecule has 6 heteroatoms. The van der Waals surface area contributed by atoms with E-state index in [1.807, 2.05) is 0 Å². The van der Waals surface area contributed by atoms with E-state index in [0.717, 1.165) is 31.2 Å². The van der Waals surface area contributed by atoms with Crippen LogP contribution < -0.4 is 5.32 Å². The smallest absolute Gasteiger partial charge is 0.251 e. The fourth-order valence-corrected chi connectivity index (χ4v) is 4.94. The van der Waals surface area contributed by atoms with Gasteiger partial charge >= 0.3 is 0 Å². The molecule has 2 saturated heterocycles. The van der Waals surface area contributed by atoms with Gasteiger partial charge in [0.1, 0.15) is 5.82 Å². The third-order valence-electron chi connectivity index (χ3n) is 7.12. The van der Waals surface area contributed by atoms with Gasteiger partial charge in [0.15, 0.2) is 0 Å². The molecule has 0 radical (unpaired) electrons. The van der Waals surface area contributed by atoms with E-state index in [-0.39, 0.29) is 48.5 Å². The van der Waals surface area contributed by atoms with Crippen molar-refractivity contribution < 1.29 is 23.8 Å². The molecule has 5 nitrogen and oxygen atoms in total. The van der Waals surface area contributed by atoms with E-state index in [2.05, 4.69) is 41.4 Å². The number of aliphatic hydroxyl groups excluding tert-OH is 1. The number of carbonyl (C=O) groups is 1. The Balaban J connectivity index is 1.25. The van der Waals surface area contributed by atoms with Crippen molar-refractivity contribution >= 4 is 5.91 Å². The van der Waals surface area contributed by atoms with Crippen molar-refractivity contribution in [1.29, 1.82) is 0 Å². The summed E-state index contributed by atoms with van der Waals surface area (Å²) in [5, 5.41) is 12.6. The fraction of sp³-hybridized carbons (Fsp3) is 0.483. The zero-order chi connectivity index (χ0) is 24.2. The molecule has 1 saturated carbocycles. The normalized spacial score (nSPS) is 27.9. The second kappa shape index (κ2) is 10.9. The predicted octanol–water partition coefficient (Wildman–Crippen LogP) is 4.02. The molecule has 1 amide bonds. The Kier molecular flexibility index (Phi) is 7.48. The molecular weight excluding hydrogens is 445 g/mol. The van der Waals surface area contributed by atoms with E-state index in [1.54, 1.807) is 6.07 Å². The number of aliphatic hydroxyl groups is 1. The van der Waals surface area contributed by atoms with Crippen LogP contribution in [-0.2, 0) is 15.9 Å². The highest BCUT2D eigenvalue weighted by atomic mass is 19.1. The number of nitrogens with one attached hydrogen (secondary N) is 1. The Morgan fingerprint density at radius 3 is 2.63 bits per heavy atom. The van der Waals surface area contributed by atoms with Crippen molar-refractivity contribution in [1.82, 2.24) is 5.32 Å². The molecule has 2 N–H and O–H groups in total. The van der Waals surface area contributed by atoms with Crippen molar-refractivity contribution in [3.8, 4) is 11.8 Å². The first-order chi connectivity index (χ1) is 17.1. The molecular formula is C29H32FNO4. The van der Waals surface area contributed by atoms with Gasteiger partial charge in [0, 0.05) is 17.0 Å². The zero-order valence-corrected chi connectivity index (χ0v) is 19.8. The molecule has 0 aromatic heterocycles. The number of hydrogen-bond acceptors (Lipinski definition) is 4. The summed E-state index contributed by atoms with van der Waals surface area (Å²) in [6, 6.07) is 13.8. The Labute approximate surface area is 206 Å². The van der Waals surface area contributed by atoms with Crippen LogP contribution >= 0.6 is 0 Å². The number of amides is 1. The molecule has 5 atom stereocenters. The summed E-state index contributed by atoms with van der Waals surface area (Å²) in [6.07, 6.45) is 5.56. The minimum atomic E-state index is -0.444.